The SMILES string of the molecule is NC(N)=NCCC[C@H](NC(=O)CN1CCC(CCc2ccncc2)C1=O)C(=O)c1nccs1. The van der Waals surface area contributed by atoms with Gasteiger partial charge in [0, 0.05) is 43.0 Å². The second-order valence-corrected chi connectivity index (χ2v) is 8.80. The summed E-state index contributed by atoms with van der Waals surface area (Å²) in [6, 6.07) is 3.13. The number of hydrogen-bond donors (Lipinski definition) is 3. The van der Waals surface area contributed by atoms with Gasteiger partial charge in [-0.15, -0.1) is 11.3 Å². The zero-order valence-corrected chi connectivity index (χ0v) is 19.2. The van der Waals surface area contributed by atoms with Crippen LogP contribution in [-0.2, 0) is 16.0 Å². The molecule has 2 aromatic heterocycles. The number of carbonyl (C=O) groups is 3. The van der Waals surface area contributed by atoms with Gasteiger partial charge < -0.3 is 21.7 Å². The third-order valence-electron chi connectivity index (χ3n) is 5.51. The summed E-state index contributed by atoms with van der Waals surface area (Å²) in [5, 5.41) is 4.82. The molecular formula is C22H29N7O3S. The molecule has 1 saturated heterocycles. The first kappa shape index (κ1) is 24.3. The van der Waals surface area contributed by atoms with Gasteiger partial charge in [0.1, 0.15) is 0 Å². The number of pyridine rings is 1. The van der Waals surface area contributed by atoms with Crippen LogP contribution >= 0.6 is 11.3 Å². The molecule has 1 aliphatic heterocycles. The molecule has 1 aliphatic rings. The highest BCUT2D eigenvalue weighted by Gasteiger charge is 2.33. The number of aromatic nitrogens is 2. The quantitative estimate of drug-likeness (QED) is 0.178. The van der Waals surface area contributed by atoms with E-state index in [0.29, 0.717) is 30.9 Å². The molecule has 0 saturated carbocycles. The van der Waals surface area contributed by atoms with Crippen LogP contribution in [0.15, 0.2) is 41.1 Å². The predicted octanol–water partition coefficient (Wildman–Crippen LogP) is 0.740. The Balaban J connectivity index is 1.52. The molecule has 176 valence electrons. The van der Waals surface area contributed by atoms with Crippen LogP contribution in [0.4, 0.5) is 0 Å². The largest absolute Gasteiger partial charge is 0.370 e. The van der Waals surface area contributed by atoms with E-state index in [1.807, 2.05) is 12.1 Å². The Kier molecular flexibility index (Phi) is 8.87. The topological polar surface area (TPSA) is 157 Å². The minimum Gasteiger partial charge on any atom is -0.370 e. The third-order valence-corrected chi connectivity index (χ3v) is 6.30. The highest BCUT2D eigenvalue weighted by Crippen LogP contribution is 2.23. The lowest BCUT2D eigenvalue weighted by Gasteiger charge is -2.20. The van der Waals surface area contributed by atoms with Gasteiger partial charge in [0.25, 0.3) is 0 Å². The molecule has 0 aromatic carbocycles. The summed E-state index contributed by atoms with van der Waals surface area (Å²) in [4.78, 5) is 51.8. The highest BCUT2D eigenvalue weighted by molar-refractivity contribution is 7.11. The summed E-state index contributed by atoms with van der Waals surface area (Å²) in [5.74, 6) is -0.762. The van der Waals surface area contributed by atoms with Gasteiger partial charge in [0.15, 0.2) is 11.0 Å². The Morgan fingerprint density at radius 1 is 1.27 bits per heavy atom. The first-order valence-electron chi connectivity index (χ1n) is 10.9. The van der Waals surface area contributed by atoms with Crippen molar-refractivity contribution in [1.29, 1.82) is 0 Å². The number of aryl methyl sites for hydroxylation is 1. The molecule has 11 heteroatoms. The van der Waals surface area contributed by atoms with E-state index in [0.717, 1.165) is 24.8 Å². The molecule has 0 radical (unpaired) electrons. The molecule has 1 unspecified atom stereocenters. The van der Waals surface area contributed by atoms with Crippen LogP contribution in [0.3, 0.4) is 0 Å². The maximum atomic E-state index is 12.8. The lowest BCUT2D eigenvalue weighted by molar-refractivity contribution is -0.135. The zero-order valence-electron chi connectivity index (χ0n) is 18.4. The number of nitrogens with one attached hydrogen (secondary N) is 1. The van der Waals surface area contributed by atoms with Gasteiger partial charge in [-0.25, -0.2) is 4.98 Å². The zero-order chi connectivity index (χ0) is 23.6. The van der Waals surface area contributed by atoms with Crippen LogP contribution in [0, 0.1) is 5.92 Å². The Bertz CT molecular complexity index is 962. The van der Waals surface area contributed by atoms with Gasteiger partial charge in [-0.05, 0) is 49.8 Å². The van der Waals surface area contributed by atoms with E-state index in [1.165, 1.54) is 11.3 Å². The lowest BCUT2D eigenvalue weighted by Crippen LogP contribution is -2.46. The first-order chi connectivity index (χ1) is 15.9. The number of nitrogens with two attached hydrogens (primary N) is 2. The molecule has 0 aliphatic carbocycles. The van der Waals surface area contributed by atoms with Crippen LogP contribution in [0.25, 0.3) is 0 Å². The smallest absolute Gasteiger partial charge is 0.240 e. The average molecular weight is 472 g/mol. The van der Waals surface area contributed by atoms with Gasteiger partial charge in [-0.3, -0.25) is 24.4 Å². The average Bonchev–Trinajstić information content (AvgIpc) is 3.45. The standard InChI is InChI=1S/C22H29N7O3S/c23-22(24)27-8-1-2-17(19(31)20-26-11-13-33-20)28-18(30)14-29-12-7-16(21(29)32)4-3-15-5-9-25-10-6-15/h5-6,9-11,13,16-17H,1-4,7-8,12,14H2,(H,28,30)(H4,23,24,27)/t16?,17-/m0/s1. The fourth-order valence-electron chi connectivity index (χ4n) is 3.80. The monoisotopic (exact) mass is 471 g/mol. The number of hydrogen-bond acceptors (Lipinski definition) is 7. The first-order valence-corrected chi connectivity index (χ1v) is 11.8. The van der Waals surface area contributed by atoms with Gasteiger partial charge >= 0.3 is 0 Å². The van der Waals surface area contributed by atoms with Gasteiger partial charge in [0.05, 0.1) is 12.6 Å². The number of likely N-dealkylation sites (tertiary alicyclic amines) is 1. The number of nitrogens with zero attached hydrogens (tertiary/aromatic N) is 4. The number of carbonyl (C=O) groups excluding carboxylic acids is 3. The normalized spacial score (nSPS) is 16.4. The highest BCUT2D eigenvalue weighted by atomic mass is 32.1. The van der Waals surface area contributed by atoms with Crippen LogP contribution in [0.2, 0.25) is 0 Å². The van der Waals surface area contributed by atoms with Crippen molar-refractivity contribution in [3.8, 4) is 0 Å². The minimum atomic E-state index is -0.752. The van der Waals surface area contributed by atoms with Crippen LogP contribution in [0.1, 0.15) is 41.0 Å². The van der Waals surface area contributed by atoms with Crippen LogP contribution in [0.5, 0.6) is 0 Å². The van der Waals surface area contributed by atoms with Crippen molar-refractivity contribution in [1.82, 2.24) is 20.2 Å². The minimum absolute atomic E-state index is 0.0187. The molecule has 3 heterocycles. The Morgan fingerprint density at radius 3 is 2.76 bits per heavy atom. The second-order valence-electron chi connectivity index (χ2n) is 7.91. The summed E-state index contributed by atoms with van der Waals surface area (Å²) in [6.07, 6.45) is 8.15. The third kappa shape index (κ3) is 7.35. The molecule has 2 aromatic rings. The number of Topliss-reactive ketones (excluding diaryl/α,β-unsaturated/α-hetero) is 1. The summed E-state index contributed by atoms with van der Waals surface area (Å²) in [7, 11) is 0. The van der Waals surface area contributed by atoms with Gasteiger partial charge in [-0.1, -0.05) is 0 Å². The van der Waals surface area contributed by atoms with E-state index in [1.54, 1.807) is 28.9 Å². The van der Waals surface area contributed by atoms with Crippen molar-refractivity contribution in [3.63, 3.8) is 0 Å². The van der Waals surface area contributed by atoms with Gasteiger partial charge in [0.2, 0.25) is 17.6 Å². The van der Waals surface area contributed by atoms with E-state index in [9.17, 15) is 14.4 Å². The molecule has 0 bridgehead atoms. The number of thiazole rings is 1. The summed E-state index contributed by atoms with van der Waals surface area (Å²) >= 11 is 1.22. The number of amides is 2. The fourth-order valence-corrected chi connectivity index (χ4v) is 4.43. The Labute approximate surface area is 196 Å². The second kappa shape index (κ2) is 12.0. The van der Waals surface area contributed by atoms with Crippen molar-refractivity contribution in [2.24, 2.45) is 22.4 Å². The van der Waals surface area contributed by atoms with Crippen LogP contribution in [-0.4, -0.2) is 64.1 Å². The van der Waals surface area contributed by atoms with E-state index >= 15 is 0 Å². The predicted molar refractivity (Wildman–Crippen MR) is 126 cm³/mol. The van der Waals surface area contributed by atoms with E-state index in [2.05, 4.69) is 20.3 Å². The molecule has 2 amide bonds. The molecule has 10 nitrogen and oxygen atoms in total. The summed E-state index contributed by atoms with van der Waals surface area (Å²) < 4.78 is 0. The van der Waals surface area contributed by atoms with Crippen molar-refractivity contribution in [3.05, 3.63) is 46.7 Å². The molecule has 1 fully saturated rings. The number of aliphatic imine (C=N–C) groups is 1. The maximum absolute atomic E-state index is 12.8. The lowest BCUT2D eigenvalue weighted by atomic mass is 9.99. The molecule has 3 rings (SSSR count). The number of rotatable bonds is 12. The van der Waals surface area contributed by atoms with Crippen LogP contribution < -0.4 is 16.8 Å². The number of ketones is 1. The maximum Gasteiger partial charge on any atom is 0.240 e. The summed E-state index contributed by atoms with van der Waals surface area (Å²) in [5.41, 5.74) is 11.8. The fraction of sp³-hybridized carbons (Fsp3) is 0.455. The Hall–Kier alpha value is -3.34. The van der Waals surface area contributed by atoms with E-state index in [4.69, 9.17) is 11.5 Å². The van der Waals surface area contributed by atoms with E-state index < -0.39 is 6.04 Å². The number of guanidine groups is 1. The van der Waals surface area contributed by atoms with Gasteiger partial charge in [-0.2, -0.15) is 0 Å². The molecular weight excluding hydrogens is 442 g/mol. The van der Waals surface area contributed by atoms with Crippen molar-refractivity contribution < 1.29 is 14.4 Å². The van der Waals surface area contributed by atoms with Crippen molar-refractivity contribution >= 4 is 34.9 Å². The molecule has 2 atom stereocenters. The van der Waals surface area contributed by atoms with Crippen molar-refractivity contribution in [2.45, 2.75) is 38.1 Å². The molecule has 33 heavy (non-hydrogen) atoms. The molecule has 5 N–H and O–H groups in total. The summed E-state index contributed by atoms with van der Waals surface area (Å²) in [6.45, 7) is 0.812. The Morgan fingerprint density at radius 2 is 2.06 bits per heavy atom. The van der Waals surface area contributed by atoms with Crippen molar-refractivity contribution in [2.75, 3.05) is 19.6 Å². The van der Waals surface area contributed by atoms with E-state index in [-0.39, 0.29) is 36.0 Å². The molecule has 0 spiro atoms.